The molecular weight excluding hydrogens is 1430 g/mol. The Bertz CT molecular complexity index is 10800. The molecule has 526 valence electrons. The molecule has 19 aliphatic rings. The van der Waals surface area contributed by atoms with Crippen molar-refractivity contribution < 1.29 is 0 Å². The summed E-state index contributed by atoms with van der Waals surface area (Å²) < 4.78 is 0. The van der Waals surface area contributed by atoms with Crippen molar-refractivity contribution in [2.24, 2.45) is 0 Å². The second-order valence-corrected chi connectivity index (χ2v) is 42.1. The van der Waals surface area contributed by atoms with Crippen LogP contribution in [0.5, 0.6) is 0 Å². The van der Waals surface area contributed by atoms with E-state index in [4.69, 9.17) is 0 Å². The predicted octanol–water partition coefficient (Wildman–Crippen LogP) is 25.9. The number of hydrogen-bond donors (Lipinski definition) is 0. The van der Waals surface area contributed by atoms with Gasteiger partial charge in [0.2, 0.25) is 0 Å². The standard InChI is InChI=1S/C119H50/c1-36-8-22-43(23-9-36)113-92-67-61-53-50-51-52-54-56(53)69-79-64(61)71(92)90-91-98(113)86-83-73-66-74-87(86)104-110(91)119(49-34-20-42(7)21-35-49)105(90)101(79)114(44-24-10-37(2)11-25-44)93(69)68-57(54)62-59(52)77-76-58(51)60-55(50)63(67)70(94(83)113)82-78(60)100-103(76)118(48-32-18-41(6)19-33-48)102(77)99-75(62)72-65(68)80-88-84-85(97(74)117(104,109(88)112(119)106(80)114)47-30-16-40(5)17-31-47)89-81(66)107(115(100,96(73)82)45-26-12-38(3)13-27-45)111(118)108(89)116(99,95(72)84)46-28-14-39(4)15-29-46/h8-35,92H,1-7H3/t92-,113?,114?,115?,116+,117+,118+,119-/m1/s1. The molecule has 0 saturated carbocycles. The summed E-state index contributed by atoms with van der Waals surface area (Å²) in [4.78, 5) is 0. The summed E-state index contributed by atoms with van der Waals surface area (Å²) in [6, 6.07) is 74.2. The molecular formula is C119H50. The normalized spacial score (nSPS) is 26.2. The van der Waals surface area contributed by atoms with Crippen LogP contribution in [0.2, 0.25) is 0 Å². The molecule has 0 amide bonds. The van der Waals surface area contributed by atoms with Crippen molar-refractivity contribution in [1.29, 1.82) is 0 Å². The van der Waals surface area contributed by atoms with Crippen molar-refractivity contribution in [3.63, 3.8) is 0 Å². The molecule has 119 heavy (non-hydrogen) atoms. The van der Waals surface area contributed by atoms with Gasteiger partial charge in [0, 0.05) is 5.92 Å². The highest BCUT2D eigenvalue weighted by Crippen LogP contribution is 2.93. The molecule has 25 aromatic rings. The maximum Gasteiger partial charge on any atom is 0.0733 e. The predicted molar refractivity (Wildman–Crippen MR) is 481 cm³/mol. The molecule has 0 N–H and O–H groups in total. The van der Waals surface area contributed by atoms with E-state index in [0.717, 1.165) is 0 Å². The van der Waals surface area contributed by atoms with E-state index in [9.17, 15) is 0 Å². The molecule has 3 unspecified atom stereocenters. The molecule has 19 aliphatic carbocycles. The first-order valence-electron chi connectivity index (χ1n) is 44.4. The minimum absolute atomic E-state index is 0.00366. The third kappa shape index (κ3) is 3.49. The lowest BCUT2D eigenvalue weighted by atomic mass is 9.44. The number of allylic oxidation sites excluding steroid dienone is 2. The fourth-order valence-corrected chi connectivity index (χ4v) is 37.9. The second-order valence-electron chi connectivity index (χ2n) is 42.1. The Hall–Kier alpha value is -13.5. The molecule has 0 bridgehead atoms. The Morgan fingerprint density at radius 3 is 0.933 bits per heavy atom. The largest absolute Gasteiger partial charge is 0.0733 e. The Morgan fingerprint density at radius 1 is 0.151 bits per heavy atom. The maximum absolute atomic E-state index is 2.74. The molecule has 0 heterocycles. The van der Waals surface area contributed by atoms with Crippen molar-refractivity contribution in [2.45, 2.75) is 92.3 Å². The van der Waals surface area contributed by atoms with Gasteiger partial charge in [0.25, 0.3) is 0 Å². The molecule has 0 radical (unpaired) electrons. The van der Waals surface area contributed by atoms with Crippen LogP contribution < -0.4 is 5.22 Å². The average molecular weight is 1480 g/mol. The monoisotopic (exact) mass is 1480 g/mol. The lowest BCUT2D eigenvalue weighted by Crippen LogP contribution is -2.50. The number of aryl methyl sites for hydroxylation is 7. The van der Waals surface area contributed by atoms with Gasteiger partial charge in [-0.2, -0.15) is 0 Å². The van der Waals surface area contributed by atoms with E-state index in [1.165, 1.54) is 77.9 Å². The summed E-state index contributed by atoms with van der Waals surface area (Å²) in [5.41, 5.74) is 56.1. The van der Waals surface area contributed by atoms with Crippen molar-refractivity contribution in [3.8, 4) is 11.1 Å². The number of hydrogen-bond acceptors (Lipinski definition) is 0. The Morgan fingerprint density at radius 2 is 0.420 bits per heavy atom. The first kappa shape index (κ1) is 52.9. The highest BCUT2D eigenvalue weighted by Gasteiger charge is 2.80. The summed E-state index contributed by atoms with van der Waals surface area (Å²) in [5.74, 6) is -0.00366. The van der Waals surface area contributed by atoms with Crippen LogP contribution in [0, 0.1) is 58.9 Å². The maximum atomic E-state index is 2.74. The molecule has 0 fully saturated rings. The molecule has 0 spiro atoms. The van der Waals surface area contributed by atoms with Gasteiger partial charge >= 0.3 is 0 Å². The van der Waals surface area contributed by atoms with Crippen LogP contribution in [0.4, 0.5) is 0 Å². The zero-order chi connectivity index (χ0) is 74.8. The number of benzene rings is 22. The molecule has 0 aliphatic heterocycles. The Kier molecular flexibility index (Phi) is 6.02. The average Bonchev–Trinajstić information content (AvgIpc) is 1.37. The van der Waals surface area contributed by atoms with Gasteiger partial charge in [0.1, 0.15) is 0 Å². The van der Waals surface area contributed by atoms with E-state index < -0.39 is 37.9 Å². The van der Waals surface area contributed by atoms with E-state index in [1.807, 2.05) is 0 Å². The van der Waals surface area contributed by atoms with Gasteiger partial charge in [-0.15, -0.1) is 0 Å². The Labute approximate surface area is 673 Å². The quantitative estimate of drug-likeness (QED) is 0.110. The van der Waals surface area contributed by atoms with Gasteiger partial charge in [-0.05, 0) is 425 Å². The van der Waals surface area contributed by atoms with E-state index in [-0.39, 0.29) is 5.92 Å². The van der Waals surface area contributed by atoms with Gasteiger partial charge in [-0.3, -0.25) is 0 Å². The number of rotatable bonds is 7. The van der Waals surface area contributed by atoms with E-state index >= 15 is 0 Å². The van der Waals surface area contributed by atoms with Crippen LogP contribution in [-0.2, 0) is 37.9 Å². The molecule has 0 nitrogen and oxygen atoms in total. The molecule has 25 aromatic carbocycles. The molecule has 0 heteroatoms. The first-order valence-corrected chi connectivity index (χ1v) is 44.4. The van der Waals surface area contributed by atoms with Crippen LogP contribution in [0.25, 0.3) is 205 Å². The van der Waals surface area contributed by atoms with E-state index in [2.05, 4.69) is 218 Å². The fraction of sp³-hybridized carbons (Fsp3) is 0.126. The van der Waals surface area contributed by atoms with Crippen LogP contribution in [-0.4, -0.2) is 0 Å². The van der Waals surface area contributed by atoms with Gasteiger partial charge in [0.05, 0.1) is 37.9 Å². The van der Waals surface area contributed by atoms with E-state index in [1.54, 1.807) is 338 Å². The highest BCUT2D eigenvalue weighted by molar-refractivity contribution is 6.69. The van der Waals surface area contributed by atoms with Crippen LogP contribution in [0.15, 0.2) is 175 Å². The molecule has 0 aromatic heterocycles. The van der Waals surface area contributed by atoms with Crippen LogP contribution in [0.1, 0.15) is 195 Å². The summed E-state index contributed by atoms with van der Waals surface area (Å²) in [7, 11) is 0. The smallest absolute Gasteiger partial charge is 0.0590 e. The van der Waals surface area contributed by atoms with Gasteiger partial charge in [-0.1, -0.05) is 209 Å². The Balaban J connectivity index is 0.957. The highest BCUT2D eigenvalue weighted by atomic mass is 14.8. The van der Waals surface area contributed by atoms with Crippen molar-refractivity contribution in [3.05, 3.63) is 380 Å². The molecule has 44 rings (SSSR count). The van der Waals surface area contributed by atoms with Gasteiger partial charge in [0.15, 0.2) is 0 Å². The minimum Gasteiger partial charge on any atom is -0.0590 e. The summed E-state index contributed by atoms with van der Waals surface area (Å²) in [5, 5.41) is 59.9. The molecule has 8 atom stereocenters. The minimum atomic E-state index is -0.764. The molecule has 0 saturated heterocycles. The SMILES string of the molecule is Cc1ccc(C23C4=C5C6=c7c4c4c8c9c7=c7c%10c%11c%12c(c%13c%14c%15c(c2c2c%16c3c4c3c4c%16c%16c%17c%18c%19c%20c%21c%22c%23c%19c%19c%24c(c%11c%11c(c%25c(c7%11)[C@]9(c7ccc(C)cc7)c7c(c-%21c(c3c78)C4(c3ccc(C)cc3)[C@@H]%20%17)[C@@]%22%25c3ccc(C)cc3)C%23%24c3ccc(C)cc3)c3c%12c%14c4c3c%19c%18c3c%16c2c%15c34)[C@@]5%13c2ccc(C)cc2)[C@@]6%10c2ccc(C)cc2)cc1. The van der Waals surface area contributed by atoms with Gasteiger partial charge in [-0.25, -0.2) is 0 Å². The first-order chi connectivity index (χ1) is 58.6. The third-order valence-electron chi connectivity index (χ3n) is 39.5. The second kappa shape index (κ2) is 13.5. The summed E-state index contributed by atoms with van der Waals surface area (Å²) >= 11 is 0. The zero-order valence-corrected chi connectivity index (χ0v) is 65.2. The third-order valence-corrected chi connectivity index (χ3v) is 39.5. The summed E-state index contributed by atoms with van der Waals surface area (Å²) in [6.45, 7) is 16.6. The van der Waals surface area contributed by atoms with Crippen LogP contribution >= 0.6 is 0 Å². The lowest BCUT2D eigenvalue weighted by molar-refractivity contribution is 0.558. The van der Waals surface area contributed by atoms with E-state index in [0.29, 0.717) is 0 Å². The lowest BCUT2D eigenvalue weighted by Gasteiger charge is -2.55. The topological polar surface area (TPSA) is 0 Å². The van der Waals surface area contributed by atoms with Crippen molar-refractivity contribution in [2.75, 3.05) is 0 Å². The fourth-order valence-electron chi connectivity index (χ4n) is 37.9. The summed E-state index contributed by atoms with van der Waals surface area (Å²) in [6.07, 6.45) is 0. The van der Waals surface area contributed by atoms with Gasteiger partial charge < -0.3 is 0 Å². The van der Waals surface area contributed by atoms with Crippen molar-refractivity contribution in [1.82, 2.24) is 0 Å². The van der Waals surface area contributed by atoms with Crippen molar-refractivity contribution >= 4 is 194 Å². The van der Waals surface area contributed by atoms with Crippen LogP contribution in [0.3, 0.4) is 0 Å². The zero-order valence-electron chi connectivity index (χ0n) is 65.2.